The van der Waals surface area contributed by atoms with Crippen LogP contribution in [0.4, 0.5) is 0 Å². The molecule has 27 heavy (non-hydrogen) atoms. The Morgan fingerprint density at radius 3 is 2.56 bits per heavy atom. The normalized spacial score (nSPS) is 20.9. The van der Waals surface area contributed by atoms with E-state index in [4.69, 9.17) is 0 Å². The lowest BCUT2D eigenvalue weighted by Crippen LogP contribution is -2.48. The number of piperidine rings is 1. The van der Waals surface area contributed by atoms with E-state index in [1.165, 1.54) is 11.8 Å². The molecule has 2 atom stereocenters. The molecule has 1 aliphatic heterocycles. The molecule has 1 aliphatic rings. The summed E-state index contributed by atoms with van der Waals surface area (Å²) < 4.78 is 24.8. The Bertz CT molecular complexity index is 682. The van der Waals surface area contributed by atoms with Crippen molar-refractivity contribution in [1.29, 1.82) is 0 Å². The number of halogens is 1. The molecular weight excluding hydrogens is 475 g/mol. The first-order valence-electron chi connectivity index (χ1n) is 9.47. The molecule has 154 valence electrons. The number of guanidine groups is 1. The van der Waals surface area contributed by atoms with Crippen molar-refractivity contribution in [2.24, 2.45) is 10.9 Å². The third-order valence-electron chi connectivity index (χ3n) is 4.86. The zero-order chi connectivity index (χ0) is 19.0. The first-order chi connectivity index (χ1) is 12.4. The molecule has 1 aromatic carbocycles. The number of likely N-dealkylation sites (tertiary alicyclic amines) is 1. The quantitative estimate of drug-likeness (QED) is 0.257. The van der Waals surface area contributed by atoms with Crippen molar-refractivity contribution in [3.8, 4) is 0 Å². The molecule has 0 aromatic heterocycles. The van der Waals surface area contributed by atoms with Crippen molar-refractivity contribution in [3.05, 3.63) is 35.9 Å². The second-order valence-electron chi connectivity index (χ2n) is 6.82. The minimum absolute atomic E-state index is 0. The summed E-state index contributed by atoms with van der Waals surface area (Å²) in [5.41, 5.74) is 1.43. The summed E-state index contributed by atoms with van der Waals surface area (Å²) in [4.78, 5) is 6.93. The summed E-state index contributed by atoms with van der Waals surface area (Å²) in [7, 11) is -3.16. The predicted molar refractivity (Wildman–Crippen MR) is 123 cm³/mol. The predicted octanol–water partition coefficient (Wildman–Crippen LogP) is 2.63. The number of nitrogens with zero attached hydrogens (tertiary/aromatic N) is 2. The van der Waals surface area contributed by atoms with Gasteiger partial charge in [0.15, 0.2) is 5.96 Å². The van der Waals surface area contributed by atoms with Gasteiger partial charge < -0.3 is 10.2 Å². The van der Waals surface area contributed by atoms with E-state index in [-0.39, 0.29) is 24.0 Å². The average molecular weight is 508 g/mol. The lowest BCUT2D eigenvalue weighted by Gasteiger charge is -2.40. The Morgan fingerprint density at radius 1 is 1.26 bits per heavy atom. The van der Waals surface area contributed by atoms with Crippen molar-refractivity contribution < 1.29 is 8.42 Å². The van der Waals surface area contributed by atoms with Crippen LogP contribution in [0.5, 0.6) is 0 Å². The SMILES string of the molecule is CCNC(=NCCNS(C)(=O)=O)N1CCC(c2ccccc2)C(CC)C1.I. The molecule has 0 spiro atoms. The molecule has 6 nitrogen and oxygen atoms in total. The standard InChI is InChI=1S/C19H32N4O2S.HI/c1-4-16-15-23(14-11-18(16)17-9-7-6-8-10-17)19(20-5-2)21-12-13-22-26(3,24)25;/h6-10,16,18,22H,4-5,11-15H2,1-3H3,(H,20,21);1H. The summed E-state index contributed by atoms with van der Waals surface area (Å²) in [6.45, 7) is 7.80. The number of hydrogen-bond donors (Lipinski definition) is 2. The molecule has 1 fully saturated rings. The smallest absolute Gasteiger partial charge is 0.208 e. The number of benzene rings is 1. The molecular formula is C19H33IN4O2S. The maximum Gasteiger partial charge on any atom is 0.208 e. The van der Waals surface area contributed by atoms with Gasteiger partial charge in [-0.05, 0) is 30.7 Å². The highest BCUT2D eigenvalue weighted by atomic mass is 127. The Morgan fingerprint density at radius 2 is 1.96 bits per heavy atom. The first kappa shape index (κ1) is 24.2. The number of rotatable bonds is 7. The van der Waals surface area contributed by atoms with E-state index in [2.05, 4.69) is 64.1 Å². The van der Waals surface area contributed by atoms with Crippen molar-refractivity contribution in [2.75, 3.05) is 39.0 Å². The van der Waals surface area contributed by atoms with Crippen LogP contribution in [0, 0.1) is 5.92 Å². The van der Waals surface area contributed by atoms with Gasteiger partial charge in [-0.15, -0.1) is 24.0 Å². The molecule has 8 heteroatoms. The highest BCUT2D eigenvalue weighted by Gasteiger charge is 2.30. The van der Waals surface area contributed by atoms with E-state index in [9.17, 15) is 8.42 Å². The fourth-order valence-electron chi connectivity index (χ4n) is 3.60. The van der Waals surface area contributed by atoms with Crippen LogP contribution >= 0.6 is 24.0 Å². The van der Waals surface area contributed by atoms with Gasteiger partial charge in [0.2, 0.25) is 10.0 Å². The van der Waals surface area contributed by atoms with Gasteiger partial charge in [-0.1, -0.05) is 43.7 Å². The minimum atomic E-state index is -3.16. The third kappa shape index (κ3) is 7.95. The fourth-order valence-corrected chi connectivity index (χ4v) is 4.06. The van der Waals surface area contributed by atoms with E-state index >= 15 is 0 Å². The second-order valence-corrected chi connectivity index (χ2v) is 8.66. The second kappa shape index (κ2) is 11.9. The first-order valence-corrected chi connectivity index (χ1v) is 11.4. The van der Waals surface area contributed by atoms with Gasteiger partial charge in [0.25, 0.3) is 0 Å². The van der Waals surface area contributed by atoms with Gasteiger partial charge in [0, 0.05) is 26.2 Å². The number of hydrogen-bond acceptors (Lipinski definition) is 3. The van der Waals surface area contributed by atoms with Gasteiger partial charge in [0.1, 0.15) is 0 Å². The van der Waals surface area contributed by atoms with Gasteiger partial charge in [-0.2, -0.15) is 0 Å². The molecule has 1 heterocycles. The van der Waals surface area contributed by atoms with Crippen LogP contribution in [0.2, 0.25) is 0 Å². The number of sulfonamides is 1. The van der Waals surface area contributed by atoms with Crippen LogP contribution in [0.1, 0.15) is 38.2 Å². The molecule has 0 radical (unpaired) electrons. The highest BCUT2D eigenvalue weighted by Crippen LogP contribution is 2.34. The Hall–Kier alpha value is -0.870. The monoisotopic (exact) mass is 508 g/mol. The topological polar surface area (TPSA) is 73.8 Å². The van der Waals surface area contributed by atoms with Crippen molar-refractivity contribution in [1.82, 2.24) is 14.9 Å². The fraction of sp³-hybridized carbons (Fsp3) is 0.632. The summed E-state index contributed by atoms with van der Waals surface area (Å²) in [5, 5.41) is 3.35. The van der Waals surface area contributed by atoms with Gasteiger partial charge in [-0.3, -0.25) is 4.99 Å². The van der Waals surface area contributed by atoms with Crippen LogP contribution in [0.15, 0.2) is 35.3 Å². The maximum absolute atomic E-state index is 11.2. The van der Waals surface area contributed by atoms with Crippen molar-refractivity contribution in [2.45, 2.75) is 32.6 Å². The lowest BCUT2D eigenvalue weighted by atomic mass is 9.79. The number of nitrogens with one attached hydrogen (secondary N) is 2. The van der Waals surface area contributed by atoms with E-state index in [1.54, 1.807) is 0 Å². The van der Waals surface area contributed by atoms with Crippen molar-refractivity contribution in [3.63, 3.8) is 0 Å². The summed E-state index contributed by atoms with van der Waals surface area (Å²) in [6, 6.07) is 10.8. The zero-order valence-electron chi connectivity index (χ0n) is 16.5. The third-order valence-corrected chi connectivity index (χ3v) is 5.59. The Balaban J connectivity index is 0.00000364. The van der Waals surface area contributed by atoms with Crippen LogP contribution in [-0.4, -0.2) is 58.3 Å². The average Bonchev–Trinajstić information content (AvgIpc) is 2.63. The van der Waals surface area contributed by atoms with E-state index in [0.29, 0.717) is 24.9 Å². The Kier molecular flexibility index (Phi) is 10.6. The van der Waals surface area contributed by atoms with E-state index in [0.717, 1.165) is 38.4 Å². The summed E-state index contributed by atoms with van der Waals surface area (Å²) >= 11 is 0. The largest absolute Gasteiger partial charge is 0.357 e. The zero-order valence-corrected chi connectivity index (χ0v) is 19.7. The van der Waals surface area contributed by atoms with Gasteiger partial charge in [0.05, 0.1) is 12.8 Å². The number of aliphatic imine (C=N–C) groups is 1. The molecule has 0 bridgehead atoms. The molecule has 0 saturated carbocycles. The van der Waals surface area contributed by atoms with Crippen LogP contribution in [0.25, 0.3) is 0 Å². The summed E-state index contributed by atoms with van der Waals surface area (Å²) in [5.74, 6) is 2.06. The molecule has 1 aromatic rings. The molecule has 2 unspecified atom stereocenters. The van der Waals surface area contributed by atoms with Crippen LogP contribution in [-0.2, 0) is 10.0 Å². The molecule has 0 aliphatic carbocycles. The van der Waals surface area contributed by atoms with Gasteiger partial charge >= 0.3 is 0 Å². The molecule has 2 N–H and O–H groups in total. The molecule has 0 amide bonds. The molecule has 2 rings (SSSR count). The maximum atomic E-state index is 11.2. The lowest BCUT2D eigenvalue weighted by molar-refractivity contribution is 0.215. The Labute approximate surface area is 181 Å². The van der Waals surface area contributed by atoms with Crippen LogP contribution in [0.3, 0.4) is 0 Å². The highest BCUT2D eigenvalue weighted by molar-refractivity contribution is 14.0. The van der Waals surface area contributed by atoms with Gasteiger partial charge in [-0.25, -0.2) is 13.1 Å². The summed E-state index contributed by atoms with van der Waals surface area (Å²) in [6.07, 6.45) is 3.40. The van der Waals surface area contributed by atoms with Crippen LogP contribution < -0.4 is 10.0 Å². The van der Waals surface area contributed by atoms with Crippen molar-refractivity contribution >= 4 is 40.0 Å². The minimum Gasteiger partial charge on any atom is -0.357 e. The van der Waals surface area contributed by atoms with E-state index < -0.39 is 10.0 Å². The van der Waals surface area contributed by atoms with E-state index in [1.807, 2.05) is 0 Å². The molecule has 1 saturated heterocycles.